The number of hydrogen-bond donors (Lipinski definition) is 2. The fourth-order valence-electron chi connectivity index (χ4n) is 3.43. The number of nitrogens with zero attached hydrogens (tertiary/aromatic N) is 2. The Morgan fingerprint density at radius 1 is 1.00 bits per heavy atom. The van der Waals surface area contributed by atoms with E-state index >= 15 is 0 Å². The van der Waals surface area contributed by atoms with Gasteiger partial charge in [0.1, 0.15) is 6.04 Å². The fraction of sp³-hybridized carbons (Fsp3) is 0.318. The fourth-order valence-corrected chi connectivity index (χ4v) is 3.43. The van der Waals surface area contributed by atoms with Gasteiger partial charge in [0, 0.05) is 13.0 Å². The summed E-state index contributed by atoms with van der Waals surface area (Å²) in [7, 11) is 0. The van der Waals surface area contributed by atoms with Crippen LogP contribution in [-0.4, -0.2) is 27.1 Å². The molecule has 2 aromatic carbocycles. The maximum absolute atomic E-state index is 13.0. The van der Waals surface area contributed by atoms with Gasteiger partial charge in [0.2, 0.25) is 5.91 Å². The number of nitrogens with one attached hydrogen (secondary N) is 1. The summed E-state index contributed by atoms with van der Waals surface area (Å²) in [5.74, 6) is -0.651. The molecule has 2 amide bonds. The standard InChI is InChI=1S/C22H26N4O3/c1-2-3-9-14-25-18-12-7-8-13-19(18)26(22(25)29)21(28)24-17(20(23)27)15-16-10-5-4-6-11-16/h4-8,10-13,17H,2-3,9,14-15H2,1H3,(H2,23,27)(H,24,28)/t17-/m0/s1. The molecule has 0 fully saturated rings. The zero-order chi connectivity index (χ0) is 20.8. The summed E-state index contributed by atoms with van der Waals surface area (Å²) in [6, 6.07) is 14.9. The first-order valence-corrected chi connectivity index (χ1v) is 9.87. The lowest BCUT2D eigenvalue weighted by atomic mass is 10.1. The van der Waals surface area contributed by atoms with Crippen molar-refractivity contribution >= 4 is 23.0 Å². The van der Waals surface area contributed by atoms with Crippen molar-refractivity contribution in [3.63, 3.8) is 0 Å². The predicted molar refractivity (Wildman–Crippen MR) is 113 cm³/mol. The number of carbonyl (C=O) groups excluding carboxylic acids is 2. The van der Waals surface area contributed by atoms with Crippen molar-refractivity contribution in [3.8, 4) is 0 Å². The van der Waals surface area contributed by atoms with Gasteiger partial charge in [-0.3, -0.25) is 9.36 Å². The van der Waals surface area contributed by atoms with E-state index in [1.54, 1.807) is 16.7 Å². The largest absolute Gasteiger partial charge is 0.368 e. The number of rotatable bonds is 8. The summed E-state index contributed by atoms with van der Waals surface area (Å²) in [5, 5.41) is 2.63. The number of carbonyl (C=O) groups is 2. The summed E-state index contributed by atoms with van der Waals surface area (Å²) in [6.07, 6.45) is 3.14. The van der Waals surface area contributed by atoms with Gasteiger partial charge in [0.05, 0.1) is 11.0 Å². The van der Waals surface area contributed by atoms with Crippen molar-refractivity contribution in [1.82, 2.24) is 14.5 Å². The molecule has 0 spiro atoms. The Bertz CT molecular complexity index is 1050. The monoisotopic (exact) mass is 394 g/mol. The van der Waals surface area contributed by atoms with Gasteiger partial charge in [-0.2, -0.15) is 0 Å². The summed E-state index contributed by atoms with van der Waals surface area (Å²) < 4.78 is 2.70. The molecule has 0 radical (unpaired) electrons. The molecule has 1 atom stereocenters. The smallest absolute Gasteiger partial charge is 0.337 e. The van der Waals surface area contributed by atoms with E-state index in [1.165, 1.54) is 0 Å². The van der Waals surface area contributed by atoms with E-state index in [0.29, 0.717) is 17.6 Å². The first-order valence-electron chi connectivity index (χ1n) is 9.87. The number of aromatic nitrogens is 2. The van der Waals surface area contributed by atoms with Gasteiger partial charge in [-0.15, -0.1) is 0 Å². The summed E-state index contributed by atoms with van der Waals surface area (Å²) in [4.78, 5) is 37.9. The Hall–Kier alpha value is -3.35. The zero-order valence-electron chi connectivity index (χ0n) is 16.5. The van der Waals surface area contributed by atoms with Crippen molar-refractivity contribution in [2.75, 3.05) is 0 Å². The van der Waals surface area contributed by atoms with Gasteiger partial charge in [0.25, 0.3) is 0 Å². The topological polar surface area (TPSA) is 99.1 Å². The van der Waals surface area contributed by atoms with Crippen molar-refractivity contribution in [2.45, 2.75) is 45.2 Å². The molecule has 7 nitrogen and oxygen atoms in total. The van der Waals surface area contributed by atoms with Crippen LogP contribution in [0.15, 0.2) is 59.4 Å². The van der Waals surface area contributed by atoms with Crippen LogP contribution in [0.1, 0.15) is 31.7 Å². The molecule has 0 aliphatic heterocycles. The highest BCUT2D eigenvalue weighted by Crippen LogP contribution is 2.14. The van der Waals surface area contributed by atoms with Crippen LogP contribution in [0.5, 0.6) is 0 Å². The van der Waals surface area contributed by atoms with Crippen molar-refractivity contribution in [1.29, 1.82) is 0 Å². The number of aryl methyl sites for hydroxylation is 1. The minimum Gasteiger partial charge on any atom is -0.368 e. The molecule has 152 valence electrons. The second-order valence-corrected chi connectivity index (χ2v) is 7.06. The Morgan fingerprint density at radius 2 is 1.66 bits per heavy atom. The lowest BCUT2D eigenvalue weighted by Gasteiger charge is -2.15. The van der Waals surface area contributed by atoms with Crippen LogP contribution in [0.25, 0.3) is 11.0 Å². The molecule has 1 heterocycles. The molecule has 0 saturated carbocycles. The van der Waals surface area contributed by atoms with E-state index in [2.05, 4.69) is 12.2 Å². The zero-order valence-corrected chi connectivity index (χ0v) is 16.5. The van der Waals surface area contributed by atoms with Gasteiger partial charge >= 0.3 is 11.7 Å². The molecule has 1 aromatic heterocycles. The highest BCUT2D eigenvalue weighted by Gasteiger charge is 2.23. The van der Waals surface area contributed by atoms with Gasteiger partial charge in [-0.25, -0.2) is 14.2 Å². The number of hydrogen-bond acceptors (Lipinski definition) is 3. The van der Waals surface area contributed by atoms with E-state index in [1.807, 2.05) is 42.5 Å². The summed E-state index contributed by atoms with van der Waals surface area (Å²) in [6.45, 7) is 2.63. The lowest BCUT2D eigenvalue weighted by Crippen LogP contribution is -2.49. The van der Waals surface area contributed by atoms with Crippen LogP contribution < -0.4 is 16.7 Å². The van der Waals surface area contributed by atoms with Gasteiger partial charge in [0.15, 0.2) is 0 Å². The SMILES string of the molecule is CCCCCn1c(=O)n(C(=O)N[C@@H](Cc2ccccc2)C(N)=O)c2ccccc21. The first kappa shape index (κ1) is 20.4. The van der Waals surface area contributed by atoms with Gasteiger partial charge in [-0.1, -0.05) is 62.2 Å². The second kappa shape index (κ2) is 9.23. The first-order chi connectivity index (χ1) is 14.0. The molecule has 3 aromatic rings. The normalized spacial score (nSPS) is 12.0. The maximum Gasteiger partial charge on any atom is 0.337 e. The van der Waals surface area contributed by atoms with E-state index < -0.39 is 23.7 Å². The number of amides is 2. The Labute approximate surface area is 169 Å². The molecule has 7 heteroatoms. The number of unbranched alkanes of at least 4 members (excludes halogenated alkanes) is 2. The number of imidazole rings is 1. The minimum atomic E-state index is -0.918. The lowest BCUT2D eigenvalue weighted by molar-refractivity contribution is -0.119. The van der Waals surface area contributed by atoms with Crippen LogP contribution in [0.2, 0.25) is 0 Å². The molecule has 0 bridgehead atoms. The highest BCUT2D eigenvalue weighted by molar-refractivity contribution is 5.92. The molecule has 0 unspecified atom stereocenters. The van der Waals surface area contributed by atoms with Gasteiger partial charge < -0.3 is 11.1 Å². The van der Waals surface area contributed by atoms with E-state index in [9.17, 15) is 14.4 Å². The Kier molecular flexibility index (Phi) is 6.49. The van der Waals surface area contributed by atoms with E-state index in [-0.39, 0.29) is 6.42 Å². The molecule has 3 rings (SSSR count). The summed E-state index contributed by atoms with van der Waals surface area (Å²) >= 11 is 0. The number of primary amides is 1. The predicted octanol–water partition coefficient (Wildman–Crippen LogP) is 2.65. The van der Waals surface area contributed by atoms with Crippen LogP contribution in [0, 0.1) is 0 Å². The minimum absolute atomic E-state index is 0.256. The third kappa shape index (κ3) is 4.56. The molecule has 0 aliphatic carbocycles. The summed E-state index contributed by atoms with van der Waals surface area (Å²) in [5.41, 5.74) is 7.16. The maximum atomic E-state index is 13.0. The van der Waals surface area contributed by atoms with E-state index in [4.69, 9.17) is 5.73 Å². The Balaban J connectivity index is 1.90. The van der Waals surface area contributed by atoms with Crippen molar-refractivity contribution in [2.24, 2.45) is 5.73 Å². The number of benzene rings is 2. The third-order valence-corrected chi connectivity index (χ3v) is 4.95. The third-order valence-electron chi connectivity index (χ3n) is 4.95. The molecule has 0 saturated heterocycles. The quantitative estimate of drug-likeness (QED) is 0.575. The molecule has 3 N–H and O–H groups in total. The number of nitrogens with two attached hydrogens (primary N) is 1. The van der Waals surface area contributed by atoms with Gasteiger partial charge in [-0.05, 0) is 24.1 Å². The second-order valence-electron chi connectivity index (χ2n) is 7.06. The van der Waals surface area contributed by atoms with Crippen LogP contribution >= 0.6 is 0 Å². The van der Waals surface area contributed by atoms with Crippen molar-refractivity contribution < 1.29 is 9.59 Å². The average Bonchev–Trinajstić information content (AvgIpc) is 3.00. The molecule has 0 aliphatic rings. The molecular formula is C22H26N4O3. The van der Waals surface area contributed by atoms with Crippen LogP contribution in [0.3, 0.4) is 0 Å². The Morgan fingerprint density at radius 3 is 2.31 bits per heavy atom. The highest BCUT2D eigenvalue weighted by atomic mass is 16.2. The average molecular weight is 394 g/mol. The number of para-hydroxylation sites is 2. The van der Waals surface area contributed by atoms with E-state index in [0.717, 1.165) is 29.4 Å². The number of fused-ring (bicyclic) bond motifs is 1. The van der Waals surface area contributed by atoms with Crippen molar-refractivity contribution in [3.05, 3.63) is 70.6 Å². The van der Waals surface area contributed by atoms with Crippen LogP contribution in [-0.2, 0) is 17.8 Å². The van der Waals surface area contributed by atoms with Crippen LogP contribution in [0.4, 0.5) is 4.79 Å². The molecule has 29 heavy (non-hydrogen) atoms. The molecular weight excluding hydrogens is 368 g/mol.